The molecule has 4 heteroatoms. The first-order valence-corrected chi connectivity index (χ1v) is 6.09. The molecule has 0 spiro atoms. The second-order valence-corrected chi connectivity index (χ2v) is 4.80. The fraction of sp³-hybridized carbons (Fsp3) is 0.571. The highest BCUT2D eigenvalue weighted by Crippen LogP contribution is 2.22. The number of hydrogen-bond donors (Lipinski definition) is 1. The zero-order valence-electron chi connectivity index (χ0n) is 11.8. The molecule has 0 radical (unpaired) electrons. The van der Waals surface area contributed by atoms with Crippen LogP contribution < -0.4 is 10.5 Å². The topological polar surface area (TPSA) is 47.7 Å². The summed E-state index contributed by atoms with van der Waals surface area (Å²) in [5.74, 6) is 0.904. The van der Waals surface area contributed by atoms with Gasteiger partial charge in [-0.05, 0) is 20.0 Å². The van der Waals surface area contributed by atoms with Crippen molar-refractivity contribution in [1.29, 1.82) is 0 Å². The van der Waals surface area contributed by atoms with Crippen molar-refractivity contribution in [3.05, 3.63) is 29.8 Å². The van der Waals surface area contributed by atoms with Crippen LogP contribution in [0.1, 0.15) is 12.5 Å². The van der Waals surface area contributed by atoms with Crippen LogP contribution in [0.15, 0.2) is 24.3 Å². The maximum atomic E-state index is 5.87. The van der Waals surface area contributed by atoms with E-state index in [-0.39, 0.29) is 5.54 Å². The van der Waals surface area contributed by atoms with Crippen molar-refractivity contribution in [2.45, 2.75) is 19.0 Å². The normalized spacial score (nSPS) is 14.6. The second-order valence-electron chi connectivity index (χ2n) is 4.80. The molecule has 2 N–H and O–H groups in total. The summed E-state index contributed by atoms with van der Waals surface area (Å²) in [5.41, 5.74) is 6.85. The number of hydrogen-bond acceptors (Lipinski definition) is 4. The predicted octanol–water partition coefficient (Wildman–Crippen LogP) is 1.49. The molecule has 1 aromatic carbocycles. The van der Waals surface area contributed by atoms with Gasteiger partial charge >= 0.3 is 0 Å². The molecular formula is C14H24N2O2. The fourth-order valence-corrected chi connectivity index (χ4v) is 1.92. The minimum atomic E-state index is -0.171. The molecule has 0 saturated heterocycles. The number of rotatable bonds is 7. The maximum absolute atomic E-state index is 5.87. The first-order chi connectivity index (χ1) is 8.57. The van der Waals surface area contributed by atoms with E-state index in [1.807, 2.05) is 18.2 Å². The van der Waals surface area contributed by atoms with Crippen molar-refractivity contribution in [2.75, 3.05) is 34.4 Å². The van der Waals surface area contributed by atoms with Gasteiger partial charge in [0.15, 0.2) is 0 Å². The smallest absolute Gasteiger partial charge is 0.123 e. The first kappa shape index (κ1) is 15.0. The molecule has 0 fully saturated rings. The fourth-order valence-electron chi connectivity index (χ4n) is 1.92. The van der Waals surface area contributed by atoms with Gasteiger partial charge in [0.05, 0.1) is 19.3 Å². The highest BCUT2D eigenvalue weighted by Gasteiger charge is 2.28. The zero-order chi connectivity index (χ0) is 13.6. The quantitative estimate of drug-likeness (QED) is 0.798. The van der Waals surface area contributed by atoms with Gasteiger partial charge in [0, 0.05) is 25.8 Å². The third-order valence-corrected chi connectivity index (χ3v) is 3.42. The molecule has 1 rings (SSSR count). The lowest BCUT2D eigenvalue weighted by Gasteiger charge is -2.37. The summed E-state index contributed by atoms with van der Waals surface area (Å²) in [6.45, 7) is 4.04. The molecule has 102 valence electrons. The Morgan fingerprint density at radius 2 is 1.94 bits per heavy atom. The molecule has 0 saturated carbocycles. The van der Waals surface area contributed by atoms with Gasteiger partial charge in [-0.25, -0.2) is 0 Å². The SMILES string of the molecule is COCC(C)(CN)N(C)Cc1ccccc1OC. The van der Waals surface area contributed by atoms with Crippen molar-refractivity contribution in [1.82, 2.24) is 4.90 Å². The zero-order valence-corrected chi connectivity index (χ0v) is 11.8. The van der Waals surface area contributed by atoms with Crippen molar-refractivity contribution >= 4 is 0 Å². The Hall–Kier alpha value is -1.10. The Labute approximate surface area is 110 Å². The second kappa shape index (κ2) is 6.73. The molecule has 0 aromatic heterocycles. The molecule has 0 aliphatic heterocycles. The van der Waals surface area contributed by atoms with Crippen LogP contribution in [0.5, 0.6) is 5.75 Å². The van der Waals surface area contributed by atoms with E-state index in [2.05, 4.69) is 24.9 Å². The monoisotopic (exact) mass is 252 g/mol. The Morgan fingerprint density at radius 1 is 1.28 bits per heavy atom. The Morgan fingerprint density at radius 3 is 2.50 bits per heavy atom. The average molecular weight is 252 g/mol. The van der Waals surface area contributed by atoms with Crippen molar-refractivity contribution < 1.29 is 9.47 Å². The number of methoxy groups -OCH3 is 2. The number of para-hydroxylation sites is 1. The summed E-state index contributed by atoms with van der Waals surface area (Å²) >= 11 is 0. The van der Waals surface area contributed by atoms with Gasteiger partial charge in [-0.15, -0.1) is 0 Å². The third kappa shape index (κ3) is 3.45. The summed E-state index contributed by atoms with van der Waals surface area (Å²) in [6.07, 6.45) is 0. The standard InChI is InChI=1S/C14H24N2O2/c1-14(10-15,11-17-3)16(2)9-12-7-5-6-8-13(12)18-4/h5-8H,9-11,15H2,1-4H3. The molecule has 4 nitrogen and oxygen atoms in total. The maximum Gasteiger partial charge on any atom is 0.123 e. The van der Waals surface area contributed by atoms with Crippen molar-refractivity contribution in [2.24, 2.45) is 5.73 Å². The van der Waals surface area contributed by atoms with E-state index in [4.69, 9.17) is 15.2 Å². The number of likely N-dealkylation sites (N-methyl/N-ethyl adjacent to an activating group) is 1. The summed E-state index contributed by atoms with van der Waals surface area (Å²) in [5, 5.41) is 0. The molecule has 1 atom stereocenters. The van der Waals surface area contributed by atoms with Gasteiger partial charge in [-0.2, -0.15) is 0 Å². The van der Waals surface area contributed by atoms with Crippen LogP contribution in [0.2, 0.25) is 0 Å². The summed E-state index contributed by atoms with van der Waals surface area (Å²) < 4.78 is 10.6. The van der Waals surface area contributed by atoms with Crippen LogP contribution in [0.3, 0.4) is 0 Å². The Kier molecular flexibility index (Phi) is 5.59. The average Bonchev–Trinajstić information content (AvgIpc) is 2.39. The van der Waals surface area contributed by atoms with E-state index in [0.717, 1.165) is 17.9 Å². The lowest BCUT2D eigenvalue weighted by Crippen LogP contribution is -2.52. The van der Waals surface area contributed by atoms with E-state index in [9.17, 15) is 0 Å². The first-order valence-electron chi connectivity index (χ1n) is 6.09. The third-order valence-electron chi connectivity index (χ3n) is 3.42. The summed E-state index contributed by atoms with van der Waals surface area (Å²) in [4.78, 5) is 2.20. The summed E-state index contributed by atoms with van der Waals surface area (Å²) in [7, 11) is 5.44. The van der Waals surface area contributed by atoms with E-state index in [0.29, 0.717) is 13.2 Å². The highest BCUT2D eigenvalue weighted by molar-refractivity contribution is 5.33. The van der Waals surface area contributed by atoms with E-state index in [1.165, 1.54) is 0 Å². The van der Waals surface area contributed by atoms with Gasteiger partial charge in [-0.1, -0.05) is 18.2 Å². The summed E-state index contributed by atoms with van der Waals surface area (Å²) in [6, 6.07) is 8.03. The van der Waals surface area contributed by atoms with Gasteiger partial charge in [0.25, 0.3) is 0 Å². The van der Waals surface area contributed by atoms with Crippen LogP contribution in [-0.4, -0.2) is 44.9 Å². The molecule has 0 amide bonds. The molecule has 1 aromatic rings. The van der Waals surface area contributed by atoms with Gasteiger partial charge in [-0.3, -0.25) is 4.90 Å². The number of ether oxygens (including phenoxy) is 2. The lowest BCUT2D eigenvalue weighted by atomic mass is 10.0. The number of nitrogens with zero attached hydrogens (tertiary/aromatic N) is 1. The van der Waals surface area contributed by atoms with Crippen molar-refractivity contribution in [3.63, 3.8) is 0 Å². The minimum absolute atomic E-state index is 0.171. The van der Waals surface area contributed by atoms with Crippen LogP contribution >= 0.6 is 0 Å². The van der Waals surface area contributed by atoms with Gasteiger partial charge in [0.2, 0.25) is 0 Å². The molecular weight excluding hydrogens is 228 g/mol. The Balaban J connectivity index is 2.82. The number of benzene rings is 1. The molecule has 0 bridgehead atoms. The Bertz CT molecular complexity index is 371. The highest BCUT2D eigenvalue weighted by atomic mass is 16.5. The molecule has 1 unspecified atom stereocenters. The largest absolute Gasteiger partial charge is 0.496 e. The molecule has 0 aliphatic rings. The van der Waals surface area contributed by atoms with E-state index in [1.54, 1.807) is 14.2 Å². The van der Waals surface area contributed by atoms with Crippen LogP contribution in [0.25, 0.3) is 0 Å². The van der Waals surface area contributed by atoms with Crippen LogP contribution in [0, 0.1) is 0 Å². The number of nitrogens with two attached hydrogens (primary N) is 1. The van der Waals surface area contributed by atoms with Gasteiger partial charge < -0.3 is 15.2 Å². The minimum Gasteiger partial charge on any atom is -0.496 e. The van der Waals surface area contributed by atoms with Crippen molar-refractivity contribution in [3.8, 4) is 5.75 Å². The van der Waals surface area contributed by atoms with E-state index < -0.39 is 0 Å². The van der Waals surface area contributed by atoms with Crippen LogP contribution in [-0.2, 0) is 11.3 Å². The molecule has 0 aliphatic carbocycles. The molecule has 0 heterocycles. The lowest BCUT2D eigenvalue weighted by molar-refractivity contribution is 0.0387. The van der Waals surface area contributed by atoms with Crippen LogP contribution in [0.4, 0.5) is 0 Å². The van der Waals surface area contributed by atoms with E-state index >= 15 is 0 Å². The van der Waals surface area contributed by atoms with Gasteiger partial charge in [0.1, 0.15) is 5.75 Å². The predicted molar refractivity (Wildman–Crippen MR) is 73.8 cm³/mol. The molecule has 18 heavy (non-hydrogen) atoms.